The van der Waals surface area contributed by atoms with Crippen molar-refractivity contribution in [3.05, 3.63) is 29.8 Å². The Hall–Kier alpha value is -2.54. The second kappa shape index (κ2) is 9.16. The monoisotopic (exact) mass is 479 g/mol. The summed E-state index contributed by atoms with van der Waals surface area (Å²) in [5.74, 6) is 2.27. The van der Waals surface area contributed by atoms with Gasteiger partial charge in [0, 0.05) is 38.2 Å². The summed E-state index contributed by atoms with van der Waals surface area (Å²) >= 11 is 0. The third kappa shape index (κ3) is 3.92. The summed E-state index contributed by atoms with van der Waals surface area (Å²) in [5.41, 5.74) is 2.20. The van der Waals surface area contributed by atoms with Crippen LogP contribution in [0.3, 0.4) is 0 Å². The smallest absolute Gasteiger partial charge is 0.228 e. The lowest BCUT2D eigenvalue weighted by atomic mass is 9.68. The van der Waals surface area contributed by atoms with Gasteiger partial charge in [-0.15, -0.1) is 0 Å². The lowest BCUT2D eigenvalue weighted by Crippen LogP contribution is -2.60. The molecule has 4 aliphatic heterocycles. The van der Waals surface area contributed by atoms with Gasteiger partial charge < -0.3 is 19.3 Å². The first kappa shape index (κ1) is 22.9. The van der Waals surface area contributed by atoms with Gasteiger partial charge in [0.15, 0.2) is 0 Å². The van der Waals surface area contributed by atoms with Crippen molar-refractivity contribution < 1.29 is 19.1 Å². The topological polar surface area (TPSA) is 62.3 Å². The summed E-state index contributed by atoms with van der Waals surface area (Å²) < 4.78 is 10.8. The van der Waals surface area contributed by atoms with E-state index in [0.717, 1.165) is 25.9 Å². The van der Waals surface area contributed by atoms with Crippen LogP contribution >= 0.6 is 0 Å². The molecule has 0 unspecified atom stereocenters. The minimum absolute atomic E-state index is 0.0166. The number of anilines is 1. The first-order valence-corrected chi connectivity index (χ1v) is 13.3. The largest absolute Gasteiger partial charge is 0.497 e. The van der Waals surface area contributed by atoms with Crippen LogP contribution in [0.2, 0.25) is 0 Å². The molecule has 2 bridgehead atoms. The van der Waals surface area contributed by atoms with Crippen LogP contribution in [0.25, 0.3) is 0 Å². The molecule has 7 nitrogen and oxygen atoms in total. The Morgan fingerprint density at radius 3 is 2.77 bits per heavy atom. The number of piperidine rings is 3. The van der Waals surface area contributed by atoms with E-state index in [1.807, 2.05) is 12.1 Å². The lowest BCUT2D eigenvalue weighted by Gasteiger charge is -2.55. The van der Waals surface area contributed by atoms with Crippen molar-refractivity contribution in [1.29, 1.82) is 0 Å². The predicted octanol–water partition coefficient (Wildman–Crippen LogP) is 3.48. The minimum atomic E-state index is -0.308. The first-order valence-electron chi connectivity index (χ1n) is 13.3. The highest BCUT2D eigenvalue weighted by molar-refractivity contribution is 6.01. The van der Waals surface area contributed by atoms with Crippen LogP contribution in [0.4, 0.5) is 5.69 Å². The number of carbonyl (C=O) groups excluding carboxylic acids is 2. The number of methoxy groups -OCH3 is 2. The van der Waals surface area contributed by atoms with Crippen molar-refractivity contribution in [2.75, 3.05) is 45.3 Å². The van der Waals surface area contributed by atoms with Crippen molar-refractivity contribution in [2.24, 2.45) is 17.8 Å². The van der Waals surface area contributed by atoms with Crippen molar-refractivity contribution in [2.45, 2.75) is 57.0 Å². The number of benzene rings is 1. The number of carbonyl (C=O) groups is 2. The first-order chi connectivity index (χ1) is 17.1. The summed E-state index contributed by atoms with van der Waals surface area (Å²) in [6.07, 6.45) is 10.1. The Labute approximate surface area is 208 Å². The normalized spacial score (nSPS) is 32.6. The molecule has 0 saturated carbocycles. The van der Waals surface area contributed by atoms with Crippen molar-refractivity contribution in [3.8, 4) is 11.5 Å². The van der Waals surface area contributed by atoms with Crippen molar-refractivity contribution in [3.63, 3.8) is 0 Å². The van der Waals surface area contributed by atoms with Crippen LogP contribution in [0, 0.1) is 17.8 Å². The molecule has 188 valence electrons. The maximum atomic E-state index is 13.9. The number of hydrogen-bond acceptors (Lipinski definition) is 5. The van der Waals surface area contributed by atoms with Crippen LogP contribution in [-0.4, -0.2) is 74.1 Å². The van der Waals surface area contributed by atoms with Gasteiger partial charge in [-0.3, -0.25) is 14.5 Å². The number of amides is 2. The van der Waals surface area contributed by atoms with E-state index in [4.69, 9.17) is 9.47 Å². The lowest BCUT2D eigenvalue weighted by molar-refractivity contribution is -0.140. The number of rotatable bonds is 4. The van der Waals surface area contributed by atoms with E-state index < -0.39 is 0 Å². The summed E-state index contributed by atoms with van der Waals surface area (Å²) in [4.78, 5) is 33.6. The van der Waals surface area contributed by atoms with Crippen molar-refractivity contribution in [1.82, 2.24) is 9.80 Å². The van der Waals surface area contributed by atoms with Gasteiger partial charge in [0.2, 0.25) is 11.8 Å². The second-order valence-electron chi connectivity index (χ2n) is 11.0. The zero-order valence-corrected chi connectivity index (χ0v) is 20.9. The number of nitrogens with zero attached hydrogens (tertiary/aromatic N) is 3. The Kier molecular flexibility index (Phi) is 5.99. The quantitative estimate of drug-likeness (QED) is 0.619. The average molecular weight is 480 g/mol. The molecule has 35 heavy (non-hydrogen) atoms. The maximum Gasteiger partial charge on any atom is 0.228 e. The molecule has 4 heterocycles. The molecular weight excluding hydrogens is 442 g/mol. The molecule has 4 saturated heterocycles. The van der Waals surface area contributed by atoms with E-state index in [0.29, 0.717) is 41.6 Å². The number of likely N-dealkylation sites (tertiary alicyclic amines) is 1. The summed E-state index contributed by atoms with van der Waals surface area (Å²) in [7, 11) is 3.20. The average Bonchev–Trinajstić information content (AvgIpc) is 3.28. The number of ether oxygens (including phenoxy) is 2. The Morgan fingerprint density at radius 1 is 1.06 bits per heavy atom. The highest BCUT2D eigenvalue weighted by Gasteiger charge is 2.48. The standard InChI is InChI=1S/C28H37N3O4/c1-34-22-8-9-24(25(15-22)35-2)31-17-21(14-26(31)32)28(33)30-11-5-6-18-12-19-13-20(27(18)30)16-29-10-4-3-7-23(19)29/h8-9,12,15,19-21,23,27H,3-7,10-11,13-14,16-17H2,1-2H3/t19-,20+,21+,23+,27+/m0/s1. The van der Waals surface area contributed by atoms with Gasteiger partial charge in [-0.2, -0.15) is 0 Å². The van der Waals surface area contributed by atoms with Crippen LogP contribution in [-0.2, 0) is 9.59 Å². The van der Waals surface area contributed by atoms with Gasteiger partial charge in [-0.05, 0) is 62.6 Å². The maximum absolute atomic E-state index is 13.9. The molecule has 5 atom stereocenters. The van der Waals surface area contributed by atoms with E-state index in [1.165, 1.54) is 37.8 Å². The van der Waals surface area contributed by atoms with E-state index >= 15 is 0 Å². The van der Waals surface area contributed by atoms with E-state index in [-0.39, 0.29) is 30.2 Å². The summed E-state index contributed by atoms with van der Waals surface area (Å²) in [6, 6.07) is 6.39. The molecule has 0 N–H and O–H groups in total. The molecule has 0 aromatic heterocycles. The molecule has 7 heteroatoms. The zero-order chi connectivity index (χ0) is 24.1. The molecule has 4 fully saturated rings. The molecule has 0 spiro atoms. The van der Waals surface area contributed by atoms with Gasteiger partial charge in [0.25, 0.3) is 0 Å². The van der Waals surface area contributed by atoms with Gasteiger partial charge in [0.1, 0.15) is 11.5 Å². The molecule has 1 aromatic rings. The minimum Gasteiger partial charge on any atom is -0.497 e. The van der Waals surface area contributed by atoms with Gasteiger partial charge in [-0.25, -0.2) is 0 Å². The molecule has 1 aliphatic carbocycles. The van der Waals surface area contributed by atoms with Gasteiger partial charge in [-0.1, -0.05) is 18.1 Å². The fraction of sp³-hybridized carbons (Fsp3) is 0.643. The molecular formula is C28H37N3O4. The molecule has 2 amide bonds. The third-order valence-electron chi connectivity index (χ3n) is 9.09. The fourth-order valence-electron chi connectivity index (χ4n) is 7.57. The van der Waals surface area contributed by atoms with Crippen LogP contribution in [0.15, 0.2) is 29.8 Å². The third-order valence-corrected chi connectivity index (χ3v) is 9.09. The molecule has 6 rings (SSSR count). The number of fused-ring (bicyclic) bond motifs is 6. The van der Waals surface area contributed by atoms with Crippen LogP contribution < -0.4 is 14.4 Å². The Bertz CT molecular complexity index is 1040. The van der Waals surface area contributed by atoms with E-state index in [1.54, 1.807) is 25.2 Å². The van der Waals surface area contributed by atoms with Crippen molar-refractivity contribution >= 4 is 17.5 Å². The summed E-state index contributed by atoms with van der Waals surface area (Å²) in [5, 5.41) is 0. The Morgan fingerprint density at radius 2 is 1.94 bits per heavy atom. The van der Waals surface area contributed by atoms with Gasteiger partial charge >= 0.3 is 0 Å². The zero-order valence-electron chi connectivity index (χ0n) is 20.9. The Balaban J connectivity index is 1.22. The number of hydrogen-bond donors (Lipinski definition) is 0. The van der Waals surface area contributed by atoms with Gasteiger partial charge in [0.05, 0.1) is 31.9 Å². The van der Waals surface area contributed by atoms with Crippen LogP contribution in [0.5, 0.6) is 11.5 Å². The molecule has 0 radical (unpaired) electrons. The van der Waals surface area contributed by atoms with E-state index in [2.05, 4.69) is 15.9 Å². The SMILES string of the molecule is COc1ccc(N2C[C@H](C(=O)N3CCCC4=C[C@H]5C[C@H](CN6CCCC[C@H]56)[C@@H]43)CC2=O)c(OC)c1. The summed E-state index contributed by atoms with van der Waals surface area (Å²) in [6.45, 7) is 3.54. The molecule has 5 aliphatic rings. The molecule has 1 aromatic carbocycles. The highest BCUT2D eigenvalue weighted by Crippen LogP contribution is 2.46. The second-order valence-corrected chi connectivity index (χ2v) is 11.0. The van der Waals surface area contributed by atoms with E-state index in [9.17, 15) is 9.59 Å². The van der Waals surface area contributed by atoms with Crippen LogP contribution in [0.1, 0.15) is 44.9 Å². The predicted molar refractivity (Wildman–Crippen MR) is 134 cm³/mol. The fourth-order valence-corrected chi connectivity index (χ4v) is 7.57. The highest BCUT2D eigenvalue weighted by atomic mass is 16.5.